The average Bonchev–Trinajstić information content (AvgIpc) is 2.52. The monoisotopic (exact) mass is 358 g/mol. The average molecular weight is 359 g/mol. The van der Waals surface area contributed by atoms with Crippen molar-refractivity contribution in [1.29, 1.82) is 0 Å². The summed E-state index contributed by atoms with van der Waals surface area (Å²) in [6, 6.07) is 11.4. The van der Waals surface area contributed by atoms with Crippen LogP contribution in [0.5, 0.6) is 5.75 Å². The van der Waals surface area contributed by atoms with Crippen LogP contribution in [0.25, 0.3) is 0 Å². The van der Waals surface area contributed by atoms with Gasteiger partial charge in [-0.25, -0.2) is 5.43 Å². The SMILES string of the molecule is Cc1ccc(CC(=O)N/N=C\c2ccc(OC(C)C)c(Cl)c2)c(C)c1. The van der Waals surface area contributed by atoms with Crippen molar-refractivity contribution in [2.75, 3.05) is 0 Å². The Labute approximate surface area is 153 Å². The molecule has 2 rings (SSSR count). The topological polar surface area (TPSA) is 50.7 Å². The van der Waals surface area contributed by atoms with E-state index in [9.17, 15) is 4.79 Å². The summed E-state index contributed by atoms with van der Waals surface area (Å²) in [6.07, 6.45) is 1.91. The minimum atomic E-state index is -0.158. The summed E-state index contributed by atoms with van der Waals surface area (Å²) in [5.74, 6) is 0.474. The maximum absolute atomic E-state index is 12.0. The van der Waals surface area contributed by atoms with Gasteiger partial charge in [-0.15, -0.1) is 0 Å². The highest BCUT2D eigenvalue weighted by molar-refractivity contribution is 6.32. The number of aryl methyl sites for hydroxylation is 2. The molecule has 0 aliphatic rings. The third-order valence-corrected chi connectivity index (χ3v) is 3.87. The molecule has 4 nitrogen and oxygen atoms in total. The van der Waals surface area contributed by atoms with E-state index < -0.39 is 0 Å². The number of carbonyl (C=O) groups is 1. The Bertz CT molecular complexity index is 785. The van der Waals surface area contributed by atoms with Crippen LogP contribution in [0, 0.1) is 13.8 Å². The van der Waals surface area contributed by atoms with Crippen LogP contribution < -0.4 is 10.2 Å². The fourth-order valence-electron chi connectivity index (χ4n) is 2.38. The van der Waals surface area contributed by atoms with E-state index in [2.05, 4.69) is 16.6 Å². The van der Waals surface area contributed by atoms with Crippen LogP contribution in [-0.2, 0) is 11.2 Å². The molecule has 0 aromatic heterocycles. The molecule has 0 saturated heterocycles. The van der Waals surface area contributed by atoms with Gasteiger partial charge in [0, 0.05) is 0 Å². The molecule has 132 valence electrons. The van der Waals surface area contributed by atoms with Gasteiger partial charge >= 0.3 is 0 Å². The summed E-state index contributed by atoms with van der Waals surface area (Å²) < 4.78 is 5.58. The lowest BCUT2D eigenvalue weighted by Crippen LogP contribution is -2.20. The smallest absolute Gasteiger partial charge is 0.244 e. The number of hydrogen-bond acceptors (Lipinski definition) is 3. The quantitative estimate of drug-likeness (QED) is 0.613. The van der Waals surface area contributed by atoms with E-state index in [4.69, 9.17) is 16.3 Å². The minimum Gasteiger partial charge on any atom is -0.489 e. The first-order chi connectivity index (χ1) is 11.8. The largest absolute Gasteiger partial charge is 0.489 e. The Kier molecular flexibility index (Phi) is 6.59. The Morgan fingerprint density at radius 3 is 2.64 bits per heavy atom. The lowest BCUT2D eigenvalue weighted by atomic mass is 10.0. The Hall–Kier alpha value is -2.33. The number of benzene rings is 2. The number of hydrogen-bond donors (Lipinski definition) is 1. The van der Waals surface area contributed by atoms with Crippen molar-refractivity contribution in [2.24, 2.45) is 5.10 Å². The molecule has 0 aliphatic carbocycles. The van der Waals surface area contributed by atoms with E-state index >= 15 is 0 Å². The molecule has 25 heavy (non-hydrogen) atoms. The van der Waals surface area contributed by atoms with E-state index in [1.165, 1.54) is 5.56 Å². The summed E-state index contributed by atoms with van der Waals surface area (Å²) in [7, 11) is 0. The van der Waals surface area contributed by atoms with Gasteiger partial charge in [-0.3, -0.25) is 4.79 Å². The fourth-order valence-corrected chi connectivity index (χ4v) is 2.62. The van der Waals surface area contributed by atoms with Crippen LogP contribution in [0.2, 0.25) is 5.02 Å². The minimum absolute atomic E-state index is 0.0570. The molecule has 0 aliphatic heterocycles. The van der Waals surface area contributed by atoms with Gasteiger partial charge in [-0.1, -0.05) is 35.4 Å². The normalized spacial score (nSPS) is 11.1. The molecule has 0 atom stereocenters. The maximum Gasteiger partial charge on any atom is 0.244 e. The number of carbonyl (C=O) groups excluding carboxylic acids is 1. The number of nitrogens with one attached hydrogen (secondary N) is 1. The number of ether oxygens (including phenoxy) is 1. The molecule has 0 radical (unpaired) electrons. The number of amides is 1. The van der Waals surface area contributed by atoms with Gasteiger partial charge in [-0.2, -0.15) is 5.10 Å². The Morgan fingerprint density at radius 1 is 1.24 bits per heavy atom. The van der Waals surface area contributed by atoms with Crippen LogP contribution in [0.4, 0.5) is 0 Å². The summed E-state index contributed by atoms with van der Waals surface area (Å²) in [4.78, 5) is 12.0. The molecular formula is C20H23ClN2O2. The van der Waals surface area contributed by atoms with Crippen molar-refractivity contribution < 1.29 is 9.53 Å². The van der Waals surface area contributed by atoms with Crippen molar-refractivity contribution in [1.82, 2.24) is 5.43 Å². The van der Waals surface area contributed by atoms with Crippen molar-refractivity contribution in [3.05, 3.63) is 63.7 Å². The molecule has 1 N–H and O–H groups in total. The molecule has 0 spiro atoms. The lowest BCUT2D eigenvalue weighted by Gasteiger charge is -2.11. The van der Waals surface area contributed by atoms with Crippen molar-refractivity contribution in [3.8, 4) is 5.75 Å². The predicted octanol–water partition coefficient (Wildman–Crippen LogP) is 4.44. The summed E-state index contributed by atoms with van der Waals surface area (Å²) in [5, 5.41) is 4.51. The second kappa shape index (κ2) is 8.67. The second-order valence-corrected chi connectivity index (χ2v) is 6.66. The summed E-state index contributed by atoms with van der Waals surface area (Å²) in [5.41, 5.74) is 6.61. The van der Waals surface area contributed by atoms with Crippen molar-refractivity contribution in [2.45, 2.75) is 40.2 Å². The van der Waals surface area contributed by atoms with Crippen molar-refractivity contribution in [3.63, 3.8) is 0 Å². The predicted molar refractivity (Wildman–Crippen MR) is 103 cm³/mol. The number of hydrazone groups is 1. The Morgan fingerprint density at radius 2 is 2.00 bits per heavy atom. The molecule has 1 amide bonds. The van der Waals surface area contributed by atoms with Gasteiger partial charge in [0.25, 0.3) is 0 Å². The standard InChI is InChI=1S/C20H23ClN2O2/c1-13(2)25-19-8-6-16(10-18(19)21)12-22-23-20(24)11-17-7-5-14(3)9-15(17)4/h5-10,12-13H,11H2,1-4H3,(H,23,24)/b22-12-. The molecule has 0 unspecified atom stereocenters. The number of rotatable bonds is 6. The molecule has 0 bridgehead atoms. The first kappa shape index (κ1) is 19.0. The van der Waals surface area contributed by atoms with E-state index in [1.54, 1.807) is 18.3 Å². The van der Waals surface area contributed by atoms with Crippen LogP contribution in [0.1, 0.15) is 36.1 Å². The van der Waals surface area contributed by atoms with Crippen LogP contribution in [-0.4, -0.2) is 18.2 Å². The van der Waals surface area contributed by atoms with Gasteiger partial charge in [0.05, 0.1) is 23.8 Å². The number of halogens is 1. The fraction of sp³-hybridized carbons (Fsp3) is 0.300. The highest BCUT2D eigenvalue weighted by atomic mass is 35.5. The second-order valence-electron chi connectivity index (χ2n) is 6.26. The molecule has 0 saturated carbocycles. The molecule has 2 aromatic carbocycles. The summed E-state index contributed by atoms with van der Waals surface area (Å²) in [6.45, 7) is 7.92. The van der Waals surface area contributed by atoms with Crippen LogP contribution in [0.15, 0.2) is 41.5 Å². The zero-order valence-corrected chi connectivity index (χ0v) is 15.7. The molecule has 0 heterocycles. The van der Waals surface area contributed by atoms with Crippen molar-refractivity contribution >= 4 is 23.7 Å². The first-order valence-corrected chi connectivity index (χ1v) is 8.57. The zero-order valence-electron chi connectivity index (χ0n) is 15.0. The summed E-state index contributed by atoms with van der Waals surface area (Å²) >= 11 is 6.18. The van der Waals surface area contributed by atoms with E-state index in [1.807, 2.05) is 45.9 Å². The van der Waals surface area contributed by atoms with Crippen LogP contribution >= 0.6 is 11.6 Å². The highest BCUT2D eigenvalue weighted by Crippen LogP contribution is 2.25. The first-order valence-electron chi connectivity index (χ1n) is 8.19. The van der Waals surface area contributed by atoms with Gasteiger partial charge < -0.3 is 4.74 Å². The highest BCUT2D eigenvalue weighted by Gasteiger charge is 2.06. The third-order valence-electron chi connectivity index (χ3n) is 3.57. The van der Waals surface area contributed by atoms with Gasteiger partial charge in [-0.05, 0) is 62.6 Å². The number of nitrogens with zero attached hydrogens (tertiary/aromatic N) is 1. The zero-order chi connectivity index (χ0) is 18.4. The van der Waals surface area contributed by atoms with Gasteiger partial charge in [0.15, 0.2) is 0 Å². The lowest BCUT2D eigenvalue weighted by molar-refractivity contribution is -0.120. The van der Waals surface area contributed by atoms with E-state index in [0.29, 0.717) is 17.2 Å². The van der Waals surface area contributed by atoms with Gasteiger partial charge in [0.1, 0.15) is 5.75 Å². The van der Waals surface area contributed by atoms with Gasteiger partial charge in [0.2, 0.25) is 5.91 Å². The third kappa shape index (κ3) is 5.91. The molecule has 5 heteroatoms. The van der Waals surface area contributed by atoms with E-state index in [0.717, 1.165) is 16.7 Å². The van der Waals surface area contributed by atoms with E-state index in [-0.39, 0.29) is 12.0 Å². The molecule has 2 aromatic rings. The molecular weight excluding hydrogens is 336 g/mol. The molecule has 0 fully saturated rings. The Balaban J connectivity index is 1.94. The van der Waals surface area contributed by atoms with Crippen LogP contribution in [0.3, 0.4) is 0 Å². The maximum atomic E-state index is 12.0.